The highest BCUT2D eigenvalue weighted by Gasteiger charge is 2.19. The molecule has 0 atom stereocenters. The van der Waals surface area contributed by atoms with Crippen LogP contribution in [-0.2, 0) is 14.8 Å². The molecular formula is C13H16ClN3O3S. The molecule has 0 saturated carbocycles. The Bertz CT molecular complexity index is 688. The number of sulfonamides is 1. The molecule has 0 unspecified atom stereocenters. The molecule has 6 nitrogen and oxygen atoms in total. The highest BCUT2D eigenvalue weighted by molar-refractivity contribution is 7.89. The van der Waals surface area contributed by atoms with E-state index in [0.717, 1.165) is 0 Å². The van der Waals surface area contributed by atoms with E-state index in [1.165, 1.54) is 18.2 Å². The molecule has 0 aliphatic carbocycles. The molecule has 21 heavy (non-hydrogen) atoms. The van der Waals surface area contributed by atoms with Crippen molar-refractivity contribution < 1.29 is 13.2 Å². The van der Waals surface area contributed by atoms with Crippen LogP contribution in [0.1, 0.15) is 26.3 Å². The van der Waals surface area contributed by atoms with E-state index in [2.05, 4.69) is 10.0 Å². The summed E-state index contributed by atoms with van der Waals surface area (Å²) in [7, 11) is -3.86. The van der Waals surface area contributed by atoms with Crippen LogP contribution in [0.25, 0.3) is 0 Å². The Morgan fingerprint density at radius 3 is 2.48 bits per heavy atom. The highest BCUT2D eigenvalue weighted by Crippen LogP contribution is 2.19. The first-order valence-corrected chi connectivity index (χ1v) is 7.91. The lowest BCUT2D eigenvalue weighted by Crippen LogP contribution is -2.45. The Labute approximate surface area is 129 Å². The van der Waals surface area contributed by atoms with E-state index in [4.69, 9.17) is 16.9 Å². The third kappa shape index (κ3) is 5.34. The van der Waals surface area contributed by atoms with Crippen LogP contribution in [0.2, 0.25) is 5.02 Å². The molecule has 1 aromatic carbocycles. The van der Waals surface area contributed by atoms with Gasteiger partial charge in [0.25, 0.3) is 0 Å². The minimum atomic E-state index is -3.86. The van der Waals surface area contributed by atoms with Crippen molar-refractivity contribution in [1.29, 1.82) is 5.26 Å². The molecule has 1 aromatic rings. The minimum Gasteiger partial charge on any atom is -0.350 e. The van der Waals surface area contributed by atoms with Gasteiger partial charge in [0.15, 0.2) is 0 Å². The second-order valence-electron chi connectivity index (χ2n) is 5.38. The molecule has 0 fully saturated rings. The second kappa shape index (κ2) is 6.43. The van der Waals surface area contributed by atoms with Gasteiger partial charge in [-0.1, -0.05) is 11.6 Å². The zero-order valence-electron chi connectivity index (χ0n) is 11.9. The van der Waals surface area contributed by atoms with Gasteiger partial charge in [0, 0.05) is 5.54 Å². The molecule has 0 heterocycles. The summed E-state index contributed by atoms with van der Waals surface area (Å²) in [5, 5.41) is 11.4. The van der Waals surface area contributed by atoms with Gasteiger partial charge in [-0.2, -0.15) is 5.26 Å². The van der Waals surface area contributed by atoms with Crippen LogP contribution in [0.4, 0.5) is 0 Å². The predicted molar refractivity (Wildman–Crippen MR) is 79.3 cm³/mol. The van der Waals surface area contributed by atoms with Crippen molar-refractivity contribution in [3.63, 3.8) is 0 Å². The number of nitrogens with one attached hydrogen (secondary N) is 2. The molecule has 0 aromatic heterocycles. The largest absolute Gasteiger partial charge is 0.350 e. The number of nitriles is 1. The van der Waals surface area contributed by atoms with Gasteiger partial charge in [-0.05, 0) is 39.0 Å². The molecule has 8 heteroatoms. The lowest BCUT2D eigenvalue weighted by atomic mass is 10.1. The fourth-order valence-corrected chi connectivity index (χ4v) is 2.76. The van der Waals surface area contributed by atoms with E-state index < -0.39 is 21.5 Å². The summed E-state index contributed by atoms with van der Waals surface area (Å²) < 4.78 is 26.2. The van der Waals surface area contributed by atoms with Crippen LogP contribution in [0.3, 0.4) is 0 Å². The SMILES string of the molecule is CC(C)(C)NC(=O)CNS(=O)(=O)c1ccc(C#N)c(Cl)c1. The topological polar surface area (TPSA) is 99.1 Å². The standard InChI is InChI=1S/C13H16ClN3O3S/c1-13(2,3)17-12(18)8-16-21(19,20)10-5-4-9(7-15)11(14)6-10/h4-6,16H,8H2,1-3H3,(H,17,18). The smallest absolute Gasteiger partial charge is 0.241 e. The van der Waals surface area contributed by atoms with Crippen molar-refractivity contribution >= 4 is 27.5 Å². The maximum atomic E-state index is 12.0. The van der Waals surface area contributed by atoms with Crippen LogP contribution in [-0.4, -0.2) is 26.4 Å². The van der Waals surface area contributed by atoms with Crippen molar-refractivity contribution in [3.8, 4) is 6.07 Å². The predicted octanol–water partition coefficient (Wildman–Crippen LogP) is 1.40. The number of benzene rings is 1. The lowest BCUT2D eigenvalue weighted by molar-refractivity contribution is -0.121. The normalized spacial score (nSPS) is 11.8. The van der Waals surface area contributed by atoms with Crippen LogP contribution < -0.4 is 10.0 Å². The molecule has 0 aliphatic rings. The van der Waals surface area contributed by atoms with Crippen molar-refractivity contribution in [2.24, 2.45) is 0 Å². The molecule has 0 bridgehead atoms. The maximum absolute atomic E-state index is 12.0. The molecule has 1 amide bonds. The van der Waals surface area contributed by atoms with Crippen molar-refractivity contribution in [2.45, 2.75) is 31.2 Å². The fourth-order valence-electron chi connectivity index (χ4n) is 1.46. The van der Waals surface area contributed by atoms with Crippen LogP contribution in [0.15, 0.2) is 23.1 Å². The Morgan fingerprint density at radius 1 is 1.38 bits per heavy atom. The summed E-state index contributed by atoms with van der Waals surface area (Å²) in [5.74, 6) is -0.439. The molecule has 0 saturated heterocycles. The number of hydrogen-bond donors (Lipinski definition) is 2. The zero-order valence-corrected chi connectivity index (χ0v) is 13.5. The van der Waals surface area contributed by atoms with Crippen LogP contribution in [0.5, 0.6) is 0 Å². The third-order valence-corrected chi connectivity index (χ3v) is 4.02. The highest BCUT2D eigenvalue weighted by atomic mass is 35.5. The number of amides is 1. The number of halogens is 1. The monoisotopic (exact) mass is 329 g/mol. The quantitative estimate of drug-likeness (QED) is 0.872. The Hall–Kier alpha value is -1.62. The second-order valence-corrected chi connectivity index (χ2v) is 7.55. The van der Waals surface area contributed by atoms with E-state index in [9.17, 15) is 13.2 Å². The lowest BCUT2D eigenvalue weighted by Gasteiger charge is -2.20. The average molecular weight is 330 g/mol. The van der Waals surface area contributed by atoms with Crippen LogP contribution >= 0.6 is 11.6 Å². The fraction of sp³-hybridized carbons (Fsp3) is 0.385. The van der Waals surface area contributed by atoms with Gasteiger partial charge >= 0.3 is 0 Å². The Balaban J connectivity index is 2.81. The molecule has 1 rings (SSSR count). The minimum absolute atomic E-state index is 0.0412. The Morgan fingerprint density at radius 2 is 2.00 bits per heavy atom. The third-order valence-electron chi connectivity index (χ3n) is 2.31. The number of carbonyl (C=O) groups is 1. The molecule has 114 valence electrons. The van der Waals surface area contributed by atoms with Gasteiger partial charge < -0.3 is 5.32 Å². The first-order chi connectivity index (χ1) is 9.55. The van der Waals surface area contributed by atoms with E-state index >= 15 is 0 Å². The van der Waals surface area contributed by atoms with E-state index in [0.29, 0.717) is 0 Å². The average Bonchev–Trinajstić information content (AvgIpc) is 2.34. The number of hydrogen-bond acceptors (Lipinski definition) is 4. The van der Waals surface area contributed by atoms with E-state index in [-0.39, 0.29) is 22.0 Å². The van der Waals surface area contributed by atoms with Gasteiger partial charge in [-0.15, -0.1) is 0 Å². The summed E-state index contributed by atoms with van der Waals surface area (Å²) in [5.41, 5.74) is -0.263. The molecule has 0 aliphatic heterocycles. The van der Waals surface area contributed by atoms with Gasteiger partial charge in [-0.25, -0.2) is 13.1 Å². The van der Waals surface area contributed by atoms with Gasteiger partial charge in [0.2, 0.25) is 15.9 Å². The first-order valence-electron chi connectivity index (χ1n) is 6.05. The molecule has 2 N–H and O–H groups in total. The zero-order chi connectivity index (χ0) is 16.3. The molecule has 0 radical (unpaired) electrons. The Kier molecular flexibility index (Phi) is 5.34. The first kappa shape index (κ1) is 17.4. The van der Waals surface area contributed by atoms with Gasteiger partial charge in [-0.3, -0.25) is 4.79 Å². The maximum Gasteiger partial charge on any atom is 0.241 e. The van der Waals surface area contributed by atoms with Gasteiger partial charge in [0.05, 0.1) is 22.0 Å². The summed E-state index contributed by atoms with van der Waals surface area (Å²) in [6.07, 6.45) is 0. The van der Waals surface area contributed by atoms with E-state index in [1.54, 1.807) is 20.8 Å². The molecule has 0 spiro atoms. The van der Waals surface area contributed by atoms with Crippen molar-refractivity contribution in [3.05, 3.63) is 28.8 Å². The number of carbonyl (C=O) groups excluding carboxylic acids is 1. The van der Waals surface area contributed by atoms with Crippen molar-refractivity contribution in [1.82, 2.24) is 10.0 Å². The number of rotatable bonds is 4. The summed E-state index contributed by atoms with van der Waals surface area (Å²) in [6.45, 7) is 5.00. The van der Waals surface area contributed by atoms with Crippen molar-refractivity contribution in [2.75, 3.05) is 6.54 Å². The van der Waals surface area contributed by atoms with E-state index in [1.807, 2.05) is 6.07 Å². The number of nitrogens with zero attached hydrogens (tertiary/aromatic N) is 1. The summed E-state index contributed by atoms with van der Waals surface area (Å²) in [6, 6.07) is 5.58. The summed E-state index contributed by atoms with van der Waals surface area (Å²) in [4.78, 5) is 11.5. The van der Waals surface area contributed by atoms with Crippen LogP contribution in [0, 0.1) is 11.3 Å². The summed E-state index contributed by atoms with van der Waals surface area (Å²) >= 11 is 5.79. The molecular weight excluding hydrogens is 314 g/mol. The van der Waals surface area contributed by atoms with Gasteiger partial charge in [0.1, 0.15) is 6.07 Å².